The minimum Gasteiger partial charge on any atom is -0.370 e. The average molecular weight is 339 g/mol. The third-order valence-corrected chi connectivity index (χ3v) is 4.58. The molecule has 1 amide bonds. The highest BCUT2D eigenvalue weighted by Crippen LogP contribution is 2.26. The van der Waals surface area contributed by atoms with Crippen molar-refractivity contribution in [1.29, 1.82) is 0 Å². The topological polar surface area (TPSA) is 47.4 Å². The molecule has 0 saturated carbocycles. The first kappa shape index (κ1) is 15.8. The van der Waals surface area contributed by atoms with Gasteiger partial charge in [-0.1, -0.05) is 18.2 Å². The number of fused-ring (bicyclic) bond motifs is 1. The zero-order chi connectivity index (χ0) is 17.4. The Kier molecular flexibility index (Phi) is 3.97. The average Bonchev–Trinajstić information content (AvgIpc) is 3.02. The maximum atomic E-state index is 14.0. The summed E-state index contributed by atoms with van der Waals surface area (Å²) >= 11 is 0. The number of amides is 1. The van der Waals surface area contributed by atoms with E-state index < -0.39 is 6.10 Å². The Balaban J connectivity index is 1.57. The first-order valence-corrected chi connectivity index (χ1v) is 8.20. The molecular weight excluding hydrogens is 321 g/mol. The van der Waals surface area contributed by atoms with Crippen LogP contribution in [0.15, 0.2) is 48.8 Å². The van der Waals surface area contributed by atoms with Gasteiger partial charge in [-0.15, -0.1) is 0 Å². The molecule has 2 aromatic carbocycles. The van der Waals surface area contributed by atoms with E-state index in [2.05, 4.69) is 4.98 Å². The minimum absolute atomic E-state index is 0.0859. The molecule has 0 bridgehead atoms. The lowest BCUT2D eigenvalue weighted by Gasteiger charge is -2.33. The molecule has 0 radical (unpaired) electrons. The molecule has 0 aliphatic carbocycles. The van der Waals surface area contributed by atoms with Gasteiger partial charge in [0.1, 0.15) is 11.9 Å². The van der Waals surface area contributed by atoms with E-state index in [1.807, 2.05) is 17.7 Å². The van der Waals surface area contributed by atoms with Crippen LogP contribution >= 0.6 is 0 Å². The highest BCUT2D eigenvalue weighted by molar-refractivity contribution is 5.97. The fourth-order valence-electron chi connectivity index (χ4n) is 3.21. The third kappa shape index (κ3) is 2.89. The van der Waals surface area contributed by atoms with Gasteiger partial charge in [0.05, 0.1) is 30.5 Å². The number of halogens is 1. The van der Waals surface area contributed by atoms with E-state index in [0.717, 1.165) is 11.0 Å². The molecule has 1 unspecified atom stereocenters. The number of aryl methyl sites for hydroxylation is 1. The van der Waals surface area contributed by atoms with E-state index >= 15 is 0 Å². The molecule has 2 heterocycles. The number of hydrogen-bond acceptors (Lipinski definition) is 3. The van der Waals surface area contributed by atoms with Gasteiger partial charge < -0.3 is 14.2 Å². The highest BCUT2D eigenvalue weighted by atomic mass is 19.1. The van der Waals surface area contributed by atoms with Crippen molar-refractivity contribution in [3.05, 3.63) is 65.7 Å². The zero-order valence-electron chi connectivity index (χ0n) is 13.9. The Labute approximate surface area is 144 Å². The molecule has 25 heavy (non-hydrogen) atoms. The van der Waals surface area contributed by atoms with Gasteiger partial charge in [-0.3, -0.25) is 4.79 Å². The first-order valence-electron chi connectivity index (χ1n) is 8.20. The standard InChI is InChI=1S/C19H18FN3O2/c1-22-12-21-16-10-13(6-7-17(16)22)19(24)23-8-9-25-18(11-23)14-4-2-3-5-15(14)20/h2-7,10,12,18H,8-9,11H2,1H3. The van der Waals surface area contributed by atoms with Crippen LogP contribution in [0.1, 0.15) is 22.0 Å². The maximum Gasteiger partial charge on any atom is 0.254 e. The summed E-state index contributed by atoms with van der Waals surface area (Å²) in [5.74, 6) is -0.395. The van der Waals surface area contributed by atoms with Gasteiger partial charge in [-0.25, -0.2) is 9.37 Å². The number of nitrogens with zero attached hydrogens (tertiary/aromatic N) is 3. The summed E-state index contributed by atoms with van der Waals surface area (Å²) < 4.78 is 21.6. The second-order valence-corrected chi connectivity index (χ2v) is 6.19. The van der Waals surface area contributed by atoms with E-state index in [1.165, 1.54) is 6.07 Å². The van der Waals surface area contributed by atoms with Crippen LogP contribution in [0, 0.1) is 5.82 Å². The summed E-state index contributed by atoms with van der Waals surface area (Å²) in [6.45, 7) is 1.21. The predicted octanol–water partition coefficient (Wildman–Crippen LogP) is 2.93. The number of morpholine rings is 1. The van der Waals surface area contributed by atoms with Crippen molar-refractivity contribution >= 4 is 16.9 Å². The monoisotopic (exact) mass is 339 g/mol. The molecule has 1 aliphatic rings. The van der Waals surface area contributed by atoms with Gasteiger partial charge >= 0.3 is 0 Å². The Hall–Kier alpha value is -2.73. The van der Waals surface area contributed by atoms with Crippen molar-refractivity contribution in [2.75, 3.05) is 19.7 Å². The third-order valence-electron chi connectivity index (χ3n) is 4.58. The lowest BCUT2D eigenvalue weighted by molar-refractivity contribution is -0.0243. The van der Waals surface area contributed by atoms with Gasteiger partial charge in [0.25, 0.3) is 5.91 Å². The van der Waals surface area contributed by atoms with Crippen LogP contribution in [-0.2, 0) is 11.8 Å². The maximum absolute atomic E-state index is 14.0. The predicted molar refractivity (Wildman–Crippen MR) is 91.7 cm³/mol. The van der Waals surface area contributed by atoms with Crippen molar-refractivity contribution in [3.8, 4) is 0 Å². The molecule has 128 valence electrons. The molecule has 3 aromatic rings. The molecule has 6 heteroatoms. The van der Waals surface area contributed by atoms with Crippen LogP contribution in [-0.4, -0.2) is 40.1 Å². The Bertz CT molecular complexity index is 937. The number of imidazole rings is 1. The molecular formula is C19H18FN3O2. The zero-order valence-corrected chi connectivity index (χ0v) is 13.9. The Morgan fingerprint density at radius 3 is 2.96 bits per heavy atom. The number of rotatable bonds is 2. The quantitative estimate of drug-likeness (QED) is 0.721. The van der Waals surface area contributed by atoms with E-state index in [4.69, 9.17) is 4.74 Å². The normalized spacial score (nSPS) is 17.8. The lowest BCUT2D eigenvalue weighted by Crippen LogP contribution is -2.42. The fourth-order valence-corrected chi connectivity index (χ4v) is 3.21. The number of carbonyl (C=O) groups excluding carboxylic acids is 1. The molecule has 0 N–H and O–H groups in total. The summed E-state index contributed by atoms with van der Waals surface area (Å²) in [7, 11) is 1.91. The lowest BCUT2D eigenvalue weighted by atomic mass is 10.1. The van der Waals surface area contributed by atoms with Crippen LogP contribution in [0.5, 0.6) is 0 Å². The van der Waals surface area contributed by atoms with Crippen LogP contribution in [0.4, 0.5) is 4.39 Å². The summed E-state index contributed by atoms with van der Waals surface area (Å²) in [6, 6.07) is 12.0. The number of hydrogen-bond donors (Lipinski definition) is 0. The van der Waals surface area contributed by atoms with E-state index in [9.17, 15) is 9.18 Å². The van der Waals surface area contributed by atoms with Crippen molar-refractivity contribution in [1.82, 2.24) is 14.5 Å². The van der Waals surface area contributed by atoms with Gasteiger partial charge in [-0.2, -0.15) is 0 Å². The van der Waals surface area contributed by atoms with Crippen LogP contribution in [0.2, 0.25) is 0 Å². The van der Waals surface area contributed by atoms with Gasteiger partial charge in [-0.05, 0) is 24.3 Å². The molecule has 1 aliphatic heterocycles. The molecule has 4 rings (SSSR count). The Morgan fingerprint density at radius 2 is 2.12 bits per heavy atom. The summed E-state index contributed by atoms with van der Waals surface area (Å²) in [4.78, 5) is 18.9. The van der Waals surface area contributed by atoms with Crippen LogP contribution in [0.3, 0.4) is 0 Å². The SMILES string of the molecule is Cn1cnc2cc(C(=O)N3CCOC(c4ccccc4F)C3)ccc21. The van der Waals surface area contributed by atoms with Crippen molar-refractivity contribution in [3.63, 3.8) is 0 Å². The van der Waals surface area contributed by atoms with E-state index in [-0.39, 0.29) is 11.7 Å². The largest absolute Gasteiger partial charge is 0.370 e. The fraction of sp³-hybridized carbons (Fsp3) is 0.263. The molecule has 0 spiro atoms. The van der Waals surface area contributed by atoms with Crippen LogP contribution in [0.25, 0.3) is 11.0 Å². The molecule has 1 aromatic heterocycles. The first-order chi connectivity index (χ1) is 12.1. The molecule has 5 nitrogen and oxygen atoms in total. The van der Waals surface area contributed by atoms with Gasteiger partial charge in [0.15, 0.2) is 0 Å². The number of benzene rings is 2. The van der Waals surface area contributed by atoms with E-state index in [1.54, 1.807) is 41.6 Å². The van der Waals surface area contributed by atoms with Crippen molar-refractivity contribution in [2.45, 2.75) is 6.10 Å². The summed E-state index contributed by atoms with van der Waals surface area (Å²) in [5.41, 5.74) is 2.83. The van der Waals surface area contributed by atoms with Crippen molar-refractivity contribution < 1.29 is 13.9 Å². The van der Waals surface area contributed by atoms with Crippen LogP contribution < -0.4 is 0 Å². The van der Waals surface area contributed by atoms with Gasteiger partial charge in [0, 0.05) is 24.7 Å². The summed E-state index contributed by atoms with van der Waals surface area (Å²) in [6.07, 6.45) is 1.28. The Morgan fingerprint density at radius 1 is 1.28 bits per heavy atom. The highest BCUT2D eigenvalue weighted by Gasteiger charge is 2.27. The number of aromatic nitrogens is 2. The van der Waals surface area contributed by atoms with Crippen molar-refractivity contribution in [2.24, 2.45) is 7.05 Å². The number of ether oxygens (including phenoxy) is 1. The molecule has 1 atom stereocenters. The second-order valence-electron chi connectivity index (χ2n) is 6.19. The second kappa shape index (κ2) is 6.29. The number of carbonyl (C=O) groups is 1. The molecule has 1 fully saturated rings. The van der Waals surface area contributed by atoms with Gasteiger partial charge in [0.2, 0.25) is 0 Å². The summed E-state index contributed by atoms with van der Waals surface area (Å²) in [5, 5.41) is 0. The smallest absolute Gasteiger partial charge is 0.254 e. The molecule has 1 saturated heterocycles. The minimum atomic E-state index is -0.447. The van der Waals surface area contributed by atoms with E-state index in [0.29, 0.717) is 30.8 Å².